The molecule has 1 rings (SSSR count). The van der Waals surface area contributed by atoms with E-state index in [2.05, 4.69) is 0 Å². The van der Waals surface area contributed by atoms with E-state index >= 15 is 0 Å². The van der Waals surface area contributed by atoms with Gasteiger partial charge in [-0.2, -0.15) is 0 Å². The van der Waals surface area contributed by atoms with E-state index in [1.54, 1.807) is 31.0 Å². The fraction of sp³-hybridized carbons (Fsp3) is 0.417. The molecule has 0 fully saturated rings. The highest BCUT2D eigenvalue weighted by Crippen LogP contribution is 2.23. The zero-order valence-electron chi connectivity index (χ0n) is 10.1. The number of aliphatic hydroxyl groups excluding tert-OH is 1. The number of aliphatic hydroxyl groups is 1. The third kappa shape index (κ3) is 3.64. The minimum atomic E-state index is -0.983. The van der Waals surface area contributed by atoms with Crippen molar-refractivity contribution >= 4 is 17.3 Å². The lowest BCUT2D eigenvalue weighted by Gasteiger charge is -2.22. The Morgan fingerprint density at radius 3 is 2.71 bits per heavy atom. The molecule has 0 aliphatic rings. The van der Waals surface area contributed by atoms with E-state index in [1.807, 2.05) is 0 Å². The maximum atomic E-state index is 11.1. The molecule has 0 aromatic heterocycles. The van der Waals surface area contributed by atoms with Crippen molar-refractivity contribution in [2.75, 3.05) is 24.2 Å². The first-order chi connectivity index (χ1) is 7.91. The van der Waals surface area contributed by atoms with Gasteiger partial charge < -0.3 is 20.8 Å². The molecule has 1 aromatic carbocycles. The van der Waals surface area contributed by atoms with Crippen LogP contribution in [-0.2, 0) is 0 Å². The molecule has 94 valence electrons. The van der Waals surface area contributed by atoms with Crippen molar-refractivity contribution < 1.29 is 15.0 Å². The molecule has 0 radical (unpaired) electrons. The number of nitrogens with two attached hydrogens (primary N) is 1. The number of carboxylic acid groups (broad SMARTS) is 1. The summed E-state index contributed by atoms with van der Waals surface area (Å²) < 4.78 is 0. The van der Waals surface area contributed by atoms with Gasteiger partial charge in [-0.15, -0.1) is 0 Å². The zero-order valence-corrected chi connectivity index (χ0v) is 10.1. The van der Waals surface area contributed by atoms with Gasteiger partial charge in [0.25, 0.3) is 0 Å². The molecular weight excluding hydrogens is 220 g/mol. The predicted molar refractivity (Wildman–Crippen MR) is 67.4 cm³/mol. The van der Waals surface area contributed by atoms with E-state index in [0.29, 0.717) is 24.3 Å². The Hall–Kier alpha value is -1.75. The van der Waals surface area contributed by atoms with Gasteiger partial charge in [0.05, 0.1) is 17.4 Å². The standard InChI is InChI=1S/C12H18N2O3/c1-8(15)5-6-14(2)11-7-9(13)3-4-10(11)12(16)17/h3-4,7-8,15H,5-6,13H2,1-2H3,(H,16,17). The van der Waals surface area contributed by atoms with Crippen molar-refractivity contribution in [3.05, 3.63) is 23.8 Å². The number of benzene rings is 1. The number of rotatable bonds is 5. The maximum absolute atomic E-state index is 11.1. The largest absolute Gasteiger partial charge is 0.478 e. The molecule has 0 saturated heterocycles. The summed E-state index contributed by atoms with van der Waals surface area (Å²) in [6, 6.07) is 4.69. The average Bonchev–Trinajstić information content (AvgIpc) is 2.25. The highest BCUT2D eigenvalue weighted by atomic mass is 16.4. The van der Waals surface area contributed by atoms with Gasteiger partial charge in [0.15, 0.2) is 0 Å². The Morgan fingerprint density at radius 1 is 1.53 bits per heavy atom. The van der Waals surface area contributed by atoms with Gasteiger partial charge in [0.1, 0.15) is 0 Å². The molecule has 0 aliphatic heterocycles. The molecule has 0 spiro atoms. The van der Waals surface area contributed by atoms with E-state index in [9.17, 15) is 9.90 Å². The van der Waals surface area contributed by atoms with E-state index in [-0.39, 0.29) is 5.56 Å². The van der Waals surface area contributed by atoms with E-state index in [4.69, 9.17) is 10.8 Å². The first kappa shape index (κ1) is 13.3. The lowest BCUT2D eigenvalue weighted by molar-refractivity contribution is 0.0697. The summed E-state index contributed by atoms with van der Waals surface area (Å²) in [5, 5.41) is 18.3. The van der Waals surface area contributed by atoms with Crippen LogP contribution in [-0.4, -0.2) is 35.9 Å². The second kappa shape index (κ2) is 5.54. The second-order valence-electron chi connectivity index (χ2n) is 4.14. The van der Waals surface area contributed by atoms with Crippen LogP contribution in [0.2, 0.25) is 0 Å². The summed E-state index contributed by atoms with van der Waals surface area (Å²) in [7, 11) is 1.78. The Labute approximate surface area is 100 Å². The average molecular weight is 238 g/mol. The summed E-state index contributed by atoms with van der Waals surface area (Å²) in [6.07, 6.45) is 0.163. The van der Waals surface area contributed by atoms with E-state index in [0.717, 1.165) is 0 Å². The van der Waals surface area contributed by atoms with Crippen molar-refractivity contribution in [2.24, 2.45) is 0 Å². The topological polar surface area (TPSA) is 86.8 Å². The Balaban J connectivity index is 2.94. The third-order valence-corrected chi connectivity index (χ3v) is 2.55. The number of hydrogen-bond acceptors (Lipinski definition) is 4. The van der Waals surface area contributed by atoms with Crippen LogP contribution in [0.3, 0.4) is 0 Å². The van der Waals surface area contributed by atoms with Crippen molar-refractivity contribution in [3.8, 4) is 0 Å². The van der Waals surface area contributed by atoms with Crippen LogP contribution < -0.4 is 10.6 Å². The minimum Gasteiger partial charge on any atom is -0.478 e. The molecule has 0 bridgehead atoms. The smallest absolute Gasteiger partial charge is 0.337 e. The zero-order chi connectivity index (χ0) is 13.0. The SMILES string of the molecule is CC(O)CCN(C)c1cc(N)ccc1C(=O)O. The monoisotopic (exact) mass is 238 g/mol. The summed E-state index contributed by atoms with van der Waals surface area (Å²) in [5.41, 5.74) is 6.96. The van der Waals surface area contributed by atoms with Gasteiger partial charge in [-0.3, -0.25) is 0 Å². The molecule has 1 unspecified atom stereocenters. The third-order valence-electron chi connectivity index (χ3n) is 2.55. The molecular formula is C12H18N2O3. The Morgan fingerprint density at radius 2 is 2.18 bits per heavy atom. The molecule has 0 heterocycles. The van der Waals surface area contributed by atoms with Crippen molar-refractivity contribution in [3.63, 3.8) is 0 Å². The van der Waals surface area contributed by atoms with Crippen LogP contribution in [0.1, 0.15) is 23.7 Å². The molecule has 0 saturated carbocycles. The fourth-order valence-electron chi connectivity index (χ4n) is 1.55. The first-order valence-corrected chi connectivity index (χ1v) is 5.44. The van der Waals surface area contributed by atoms with Crippen molar-refractivity contribution in [1.29, 1.82) is 0 Å². The quantitative estimate of drug-likeness (QED) is 0.670. The number of hydrogen-bond donors (Lipinski definition) is 3. The Kier molecular flexibility index (Phi) is 4.34. The first-order valence-electron chi connectivity index (χ1n) is 5.44. The summed E-state index contributed by atoms with van der Waals surface area (Å²) in [6.45, 7) is 2.27. The molecule has 0 amide bonds. The summed E-state index contributed by atoms with van der Waals surface area (Å²) >= 11 is 0. The number of carbonyl (C=O) groups is 1. The molecule has 1 aromatic rings. The Bertz CT molecular complexity index is 405. The van der Waals surface area contributed by atoms with Gasteiger partial charge in [-0.05, 0) is 31.5 Å². The van der Waals surface area contributed by atoms with Gasteiger partial charge in [0, 0.05) is 19.3 Å². The van der Waals surface area contributed by atoms with Crippen LogP contribution >= 0.6 is 0 Å². The summed E-state index contributed by atoms with van der Waals surface area (Å²) in [5.74, 6) is -0.983. The number of carboxylic acids is 1. The molecule has 5 nitrogen and oxygen atoms in total. The normalized spacial score (nSPS) is 12.2. The van der Waals surface area contributed by atoms with Gasteiger partial charge >= 0.3 is 5.97 Å². The number of aromatic carboxylic acids is 1. The highest BCUT2D eigenvalue weighted by Gasteiger charge is 2.14. The van der Waals surface area contributed by atoms with Crippen LogP contribution in [0.5, 0.6) is 0 Å². The molecule has 17 heavy (non-hydrogen) atoms. The second-order valence-corrected chi connectivity index (χ2v) is 4.14. The minimum absolute atomic E-state index is 0.215. The summed E-state index contributed by atoms with van der Waals surface area (Å²) in [4.78, 5) is 12.8. The molecule has 0 aliphatic carbocycles. The van der Waals surface area contributed by atoms with Gasteiger partial charge in [-0.25, -0.2) is 4.79 Å². The van der Waals surface area contributed by atoms with Crippen molar-refractivity contribution in [1.82, 2.24) is 0 Å². The van der Waals surface area contributed by atoms with Gasteiger partial charge in [0.2, 0.25) is 0 Å². The van der Waals surface area contributed by atoms with Gasteiger partial charge in [-0.1, -0.05) is 0 Å². The number of anilines is 2. The lowest BCUT2D eigenvalue weighted by atomic mass is 10.1. The predicted octanol–water partition coefficient (Wildman–Crippen LogP) is 1.17. The molecule has 1 atom stereocenters. The van der Waals surface area contributed by atoms with Crippen LogP contribution in [0.4, 0.5) is 11.4 Å². The molecule has 4 N–H and O–H groups in total. The van der Waals surface area contributed by atoms with Crippen LogP contribution in [0.15, 0.2) is 18.2 Å². The maximum Gasteiger partial charge on any atom is 0.337 e. The highest BCUT2D eigenvalue weighted by molar-refractivity contribution is 5.95. The molecule has 5 heteroatoms. The van der Waals surface area contributed by atoms with Crippen LogP contribution in [0, 0.1) is 0 Å². The lowest BCUT2D eigenvalue weighted by Crippen LogP contribution is -2.24. The van der Waals surface area contributed by atoms with E-state index in [1.165, 1.54) is 6.07 Å². The van der Waals surface area contributed by atoms with Crippen LogP contribution in [0.25, 0.3) is 0 Å². The van der Waals surface area contributed by atoms with Crippen molar-refractivity contribution in [2.45, 2.75) is 19.4 Å². The fourth-order valence-corrected chi connectivity index (χ4v) is 1.55. The number of nitrogens with zero attached hydrogens (tertiary/aromatic N) is 1. The number of nitrogen functional groups attached to an aromatic ring is 1. The van der Waals surface area contributed by atoms with E-state index < -0.39 is 12.1 Å².